The van der Waals surface area contributed by atoms with E-state index in [1.807, 2.05) is 0 Å². The predicted octanol–water partition coefficient (Wildman–Crippen LogP) is 1.37. The van der Waals surface area contributed by atoms with Gasteiger partial charge in [0.05, 0.1) is 5.39 Å². The van der Waals surface area contributed by atoms with Crippen LogP contribution in [0.2, 0.25) is 5.02 Å². The molecule has 0 bridgehead atoms. The zero-order valence-corrected chi connectivity index (χ0v) is 14.4. The molecule has 4 rings (SSSR count). The standard InChI is InChI=1S/C17H14ClFN4O4/c18-7-1-2-8(10(19)5-7)11(24)14-12(25)13(26)17(27-14)23-4-3-9-15(20)21-6-22-16(9)23/h1-6,11,13-14,17,24,26H,(H2,20,21,22)/t11?,13-,14-,17-/m1/s1. The highest BCUT2D eigenvalue weighted by molar-refractivity contribution is 6.30. The van der Waals surface area contributed by atoms with Crippen LogP contribution in [0.15, 0.2) is 36.8 Å². The molecule has 3 aromatic rings. The molecule has 1 fully saturated rings. The van der Waals surface area contributed by atoms with Crippen LogP contribution in [0, 0.1) is 5.82 Å². The van der Waals surface area contributed by atoms with E-state index in [9.17, 15) is 19.4 Å². The summed E-state index contributed by atoms with van der Waals surface area (Å²) < 4.78 is 21.1. The van der Waals surface area contributed by atoms with E-state index in [-0.39, 0.29) is 16.4 Å². The molecule has 0 amide bonds. The molecule has 1 aromatic carbocycles. The first kappa shape index (κ1) is 17.8. The van der Waals surface area contributed by atoms with Crippen molar-refractivity contribution in [2.24, 2.45) is 0 Å². The number of ether oxygens (including phenoxy) is 1. The van der Waals surface area contributed by atoms with E-state index < -0.39 is 36.1 Å². The van der Waals surface area contributed by atoms with E-state index in [1.54, 1.807) is 6.07 Å². The molecule has 1 aliphatic rings. The Bertz CT molecular complexity index is 1040. The van der Waals surface area contributed by atoms with Gasteiger partial charge in [-0.2, -0.15) is 0 Å². The smallest absolute Gasteiger partial charge is 0.197 e. The lowest BCUT2D eigenvalue weighted by Gasteiger charge is -2.19. The topological polar surface area (TPSA) is 123 Å². The van der Waals surface area contributed by atoms with Crippen molar-refractivity contribution in [3.05, 3.63) is 53.2 Å². The van der Waals surface area contributed by atoms with E-state index in [4.69, 9.17) is 22.1 Å². The largest absolute Gasteiger partial charge is 0.385 e. The number of aliphatic hydroxyl groups is 2. The van der Waals surface area contributed by atoms with E-state index in [0.717, 1.165) is 6.07 Å². The summed E-state index contributed by atoms with van der Waals surface area (Å²) in [6, 6.07) is 5.29. The Kier molecular flexibility index (Phi) is 4.31. The third-order valence-electron chi connectivity index (χ3n) is 4.51. The number of aliphatic hydroxyl groups excluding tert-OH is 2. The Morgan fingerprint density at radius 1 is 1.33 bits per heavy atom. The SMILES string of the molecule is Nc1ncnc2c1ccn2[C@@H]1O[C@H](C(O)c2ccc(Cl)cc2F)C(=O)[C@H]1O. The summed E-state index contributed by atoms with van der Waals surface area (Å²) in [5, 5.41) is 21.5. The molecule has 0 aliphatic carbocycles. The fraction of sp³-hybridized carbons (Fsp3) is 0.235. The van der Waals surface area contributed by atoms with E-state index in [1.165, 1.54) is 29.2 Å². The normalized spacial score (nSPS) is 23.9. The molecule has 1 unspecified atom stereocenters. The summed E-state index contributed by atoms with van der Waals surface area (Å²) in [7, 11) is 0. The van der Waals surface area contributed by atoms with Crippen molar-refractivity contribution in [1.82, 2.24) is 14.5 Å². The van der Waals surface area contributed by atoms with Crippen molar-refractivity contribution >= 4 is 34.2 Å². The van der Waals surface area contributed by atoms with Crippen LogP contribution in [0.3, 0.4) is 0 Å². The Balaban J connectivity index is 1.68. The first-order valence-corrected chi connectivity index (χ1v) is 8.33. The number of carbonyl (C=O) groups excluding carboxylic acids is 1. The van der Waals surface area contributed by atoms with Gasteiger partial charge in [-0.25, -0.2) is 14.4 Å². The van der Waals surface area contributed by atoms with Crippen LogP contribution in [-0.4, -0.2) is 42.7 Å². The van der Waals surface area contributed by atoms with Gasteiger partial charge >= 0.3 is 0 Å². The summed E-state index contributed by atoms with van der Waals surface area (Å²) in [5.74, 6) is -1.32. The molecule has 0 saturated carbocycles. The molecule has 8 nitrogen and oxygen atoms in total. The Morgan fingerprint density at radius 2 is 2.11 bits per heavy atom. The number of carbonyl (C=O) groups is 1. The van der Waals surface area contributed by atoms with Crippen LogP contribution in [0.25, 0.3) is 11.0 Å². The van der Waals surface area contributed by atoms with Gasteiger partial charge in [-0.15, -0.1) is 0 Å². The fourth-order valence-electron chi connectivity index (χ4n) is 3.15. The van der Waals surface area contributed by atoms with Crippen LogP contribution >= 0.6 is 11.6 Å². The molecular formula is C17H14ClFN4O4. The van der Waals surface area contributed by atoms with Gasteiger partial charge < -0.3 is 25.3 Å². The monoisotopic (exact) mass is 392 g/mol. The minimum Gasteiger partial charge on any atom is -0.385 e. The van der Waals surface area contributed by atoms with Gasteiger partial charge in [0.15, 0.2) is 24.2 Å². The number of Topliss-reactive ketones (excluding diaryl/α,β-unsaturated/α-hetero) is 1. The third kappa shape index (κ3) is 2.85. The van der Waals surface area contributed by atoms with Gasteiger partial charge in [-0.05, 0) is 18.2 Å². The minimum absolute atomic E-state index is 0.149. The van der Waals surface area contributed by atoms with Crippen molar-refractivity contribution in [1.29, 1.82) is 0 Å². The molecule has 27 heavy (non-hydrogen) atoms. The maximum atomic E-state index is 14.1. The number of benzene rings is 1. The number of hydrogen-bond donors (Lipinski definition) is 3. The highest BCUT2D eigenvalue weighted by Gasteiger charge is 2.47. The van der Waals surface area contributed by atoms with Crippen molar-refractivity contribution in [3.63, 3.8) is 0 Å². The maximum absolute atomic E-state index is 14.1. The minimum atomic E-state index is -1.61. The summed E-state index contributed by atoms with van der Waals surface area (Å²) in [5.41, 5.74) is 5.98. The predicted molar refractivity (Wildman–Crippen MR) is 93.2 cm³/mol. The molecule has 4 atom stereocenters. The summed E-state index contributed by atoms with van der Waals surface area (Å²) in [6.07, 6.45) is -3.03. The van der Waals surface area contributed by atoms with Gasteiger partial charge in [0.2, 0.25) is 0 Å². The number of nitrogens with zero attached hydrogens (tertiary/aromatic N) is 3. The highest BCUT2D eigenvalue weighted by atomic mass is 35.5. The Hall–Kier alpha value is -2.59. The van der Waals surface area contributed by atoms with E-state index in [2.05, 4.69) is 9.97 Å². The highest BCUT2D eigenvalue weighted by Crippen LogP contribution is 2.36. The Labute approximate surface area is 157 Å². The fourth-order valence-corrected chi connectivity index (χ4v) is 3.31. The number of nitrogen functional groups attached to an aromatic ring is 1. The third-order valence-corrected chi connectivity index (χ3v) is 4.75. The van der Waals surface area contributed by atoms with E-state index in [0.29, 0.717) is 11.0 Å². The van der Waals surface area contributed by atoms with Crippen LogP contribution in [-0.2, 0) is 9.53 Å². The molecule has 1 aliphatic heterocycles. The number of aromatic nitrogens is 3. The van der Waals surface area contributed by atoms with Crippen LogP contribution in [0.4, 0.5) is 10.2 Å². The summed E-state index contributed by atoms with van der Waals surface area (Å²) in [6.45, 7) is 0. The zero-order chi connectivity index (χ0) is 19.3. The molecule has 140 valence electrons. The summed E-state index contributed by atoms with van der Waals surface area (Å²) in [4.78, 5) is 20.4. The molecule has 10 heteroatoms. The number of ketones is 1. The Morgan fingerprint density at radius 3 is 2.85 bits per heavy atom. The quantitative estimate of drug-likeness (QED) is 0.615. The number of anilines is 1. The average molecular weight is 393 g/mol. The van der Waals surface area contributed by atoms with Crippen molar-refractivity contribution in [2.75, 3.05) is 5.73 Å². The lowest BCUT2D eigenvalue weighted by atomic mass is 10.00. The average Bonchev–Trinajstić information content (AvgIpc) is 3.18. The van der Waals surface area contributed by atoms with Crippen LogP contribution in [0.1, 0.15) is 17.9 Å². The summed E-state index contributed by atoms with van der Waals surface area (Å²) >= 11 is 5.71. The number of nitrogens with two attached hydrogens (primary N) is 1. The van der Waals surface area contributed by atoms with Crippen LogP contribution < -0.4 is 5.73 Å². The molecule has 1 saturated heterocycles. The molecule has 0 spiro atoms. The van der Waals surface area contributed by atoms with Gasteiger partial charge in [0.1, 0.15) is 29.7 Å². The number of rotatable bonds is 3. The van der Waals surface area contributed by atoms with Gasteiger partial charge in [-0.1, -0.05) is 17.7 Å². The van der Waals surface area contributed by atoms with Gasteiger partial charge in [-0.3, -0.25) is 4.79 Å². The molecule has 4 N–H and O–H groups in total. The van der Waals surface area contributed by atoms with Gasteiger partial charge in [0, 0.05) is 16.8 Å². The molecular weight excluding hydrogens is 379 g/mol. The molecule has 2 aromatic heterocycles. The van der Waals surface area contributed by atoms with E-state index >= 15 is 0 Å². The molecule has 3 heterocycles. The van der Waals surface area contributed by atoms with Gasteiger partial charge in [0.25, 0.3) is 0 Å². The van der Waals surface area contributed by atoms with Crippen molar-refractivity contribution in [3.8, 4) is 0 Å². The second kappa shape index (κ2) is 6.54. The second-order valence-electron chi connectivity index (χ2n) is 6.12. The second-order valence-corrected chi connectivity index (χ2v) is 6.56. The lowest BCUT2D eigenvalue weighted by Crippen LogP contribution is -2.30. The number of hydrogen-bond acceptors (Lipinski definition) is 7. The number of fused-ring (bicyclic) bond motifs is 1. The van der Waals surface area contributed by atoms with Crippen molar-refractivity contribution in [2.45, 2.75) is 24.5 Å². The zero-order valence-electron chi connectivity index (χ0n) is 13.7. The van der Waals surface area contributed by atoms with Crippen LogP contribution in [0.5, 0.6) is 0 Å². The van der Waals surface area contributed by atoms with Crippen molar-refractivity contribution < 1.29 is 24.1 Å². The first-order valence-electron chi connectivity index (χ1n) is 7.95. The first-order chi connectivity index (χ1) is 12.9. The number of halogens is 2. The maximum Gasteiger partial charge on any atom is 0.197 e. The lowest BCUT2D eigenvalue weighted by molar-refractivity contribution is -0.131. The molecule has 0 radical (unpaired) electrons.